The molecule has 0 bridgehead atoms. The molecule has 2 aromatic rings. The molecule has 0 radical (unpaired) electrons. The maximum Gasteiger partial charge on any atom is 0.273 e. The number of pyridine rings is 1. The molecule has 2 fully saturated rings. The number of nitrogens with zero attached hydrogens (tertiary/aromatic N) is 2. The third-order valence-electron chi connectivity index (χ3n) is 4.55. The quantitative estimate of drug-likeness (QED) is 0.864. The second-order valence-corrected chi connectivity index (χ2v) is 6.45. The number of hydrogen-bond acceptors (Lipinski definition) is 6. The second-order valence-electron chi connectivity index (χ2n) is 6.45. The van der Waals surface area contributed by atoms with Crippen LogP contribution in [0.15, 0.2) is 35.2 Å². The molecule has 1 aliphatic heterocycles. The van der Waals surface area contributed by atoms with E-state index in [4.69, 9.17) is 13.9 Å². The molecule has 0 aromatic carbocycles. The van der Waals surface area contributed by atoms with Gasteiger partial charge in [-0.05, 0) is 31.4 Å². The van der Waals surface area contributed by atoms with Crippen LogP contribution in [0.1, 0.15) is 47.1 Å². The Morgan fingerprint density at radius 2 is 2.20 bits per heavy atom. The van der Waals surface area contributed by atoms with Gasteiger partial charge in [0.05, 0.1) is 24.9 Å². The van der Waals surface area contributed by atoms with Crippen LogP contribution in [-0.2, 0) is 16.1 Å². The first-order valence-electron chi connectivity index (χ1n) is 8.65. The third kappa shape index (κ3) is 3.88. The molecule has 2 atom stereocenters. The van der Waals surface area contributed by atoms with Crippen LogP contribution in [-0.4, -0.2) is 41.2 Å². The van der Waals surface area contributed by atoms with Crippen molar-refractivity contribution in [2.45, 2.75) is 43.9 Å². The molecule has 2 aliphatic rings. The topological polar surface area (TPSA) is 86.5 Å². The number of amides is 1. The molecule has 4 rings (SSSR count). The fourth-order valence-corrected chi connectivity index (χ4v) is 3.01. The highest BCUT2D eigenvalue weighted by atomic mass is 16.5. The Bertz CT molecular complexity index is 714. The Morgan fingerprint density at radius 3 is 3.00 bits per heavy atom. The van der Waals surface area contributed by atoms with Crippen LogP contribution in [0, 0.1) is 0 Å². The summed E-state index contributed by atoms with van der Waals surface area (Å²) >= 11 is 0. The SMILES string of the molecule is O=C(N[C@@H]1CCOC[C@H]1OCc1ccccn1)c1ncoc1C1CC1. The van der Waals surface area contributed by atoms with Crippen LogP contribution >= 0.6 is 0 Å². The molecule has 1 N–H and O–H groups in total. The molecule has 1 saturated heterocycles. The number of ether oxygens (including phenoxy) is 2. The van der Waals surface area contributed by atoms with Crippen LogP contribution in [0.4, 0.5) is 0 Å². The molecule has 0 unspecified atom stereocenters. The van der Waals surface area contributed by atoms with Gasteiger partial charge in [-0.25, -0.2) is 4.98 Å². The van der Waals surface area contributed by atoms with Crippen LogP contribution in [0.2, 0.25) is 0 Å². The fourth-order valence-electron chi connectivity index (χ4n) is 3.01. The summed E-state index contributed by atoms with van der Waals surface area (Å²) in [5, 5.41) is 3.04. The zero-order valence-corrected chi connectivity index (χ0v) is 13.9. The molecule has 3 heterocycles. The van der Waals surface area contributed by atoms with Gasteiger partial charge in [-0.15, -0.1) is 0 Å². The molecule has 7 nitrogen and oxygen atoms in total. The zero-order valence-electron chi connectivity index (χ0n) is 13.9. The first-order chi connectivity index (χ1) is 12.3. The minimum Gasteiger partial charge on any atom is -0.447 e. The summed E-state index contributed by atoms with van der Waals surface area (Å²) in [4.78, 5) is 21.0. The van der Waals surface area contributed by atoms with Gasteiger partial charge in [-0.3, -0.25) is 9.78 Å². The average Bonchev–Trinajstić information content (AvgIpc) is 3.38. The molecular weight excluding hydrogens is 322 g/mol. The van der Waals surface area contributed by atoms with E-state index in [1.807, 2.05) is 18.2 Å². The lowest BCUT2D eigenvalue weighted by atomic mass is 10.1. The summed E-state index contributed by atoms with van der Waals surface area (Å²) in [6.45, 7) is 1.44. The summed E-state index contributed by atoms with van der Waals surface area (Å²) in [7, 11) is 0. The predicted octanol–water partition coefficient (Wildman–Crippen LogP) is 2.05. The van der Waals surface area contributed by atoms with E-state index in [9.17, 15) is 4.79 Å². The van der Waals surface area contributed by atoms with Crippen molar-refractivity contribution >= 4 is 5.91 Å². The lowest BCUT2D eigenvalue weighted by Gasteiger charge is -2.31. The monoisotopic (exact) mass is 343 g/mol. The Morgan fingerprint density at radius 1 is 1.28 bits per heavy atom. The van der Waals surface area contributed by atoms with Gasteiger partial charge in [0.25, 0.3) is 5.91 Å². The van der Waals surface area contributed by atoms with Crippen molar-refractivity contribution in [2.75, 3.05) is 13.2 Å². The van der Waals surface area contributed by atoms with Gasteiger partial charge in [-0.2, -0.15) is 0 Å². The summed E-state index contributed by atoms with van der Waals surface area (Å²) in [5.41, 5.74) is 1.25. The summed E-state index contributed by atoms with van der Waals surface area (Å²) in [6, 6.07) is 5.58. The summed E-state index contributed by atoms with van der Waals surface area (Å²) in [5.74, 6) is 0.846. The molecule has 132 valence electrons. The molecule has 1 saturated carbocycles. The predicted molar refractivity (Wildman–Crippen MR) is 88.0 cm³/mol. The van der Waals surface area contributed by atoms with Gasteiger partial charge in [0.1, 0.15) is 11.9 Å². The maximum atomic E-state index is 12.6. The zero-order chi connectivity index (χ0) is 17.1. The average molecular weight is 343 g/mol. The number of oxazole rings is 1. The van der Waals surface area contributed by atoms with E-state index in [0.717, 1.165) is 18.5 Å². The van der Waals surface area contributed by atoms with Crippen molar-refractivity contribution in [3.63, 3.8) is 0 Å². The van der Waals surface area contributed by atoms with Crippen LogP contribution in [0.3, 0.4) is 0 Å². The van der Waals surface area contributed by atoms with Crippen LogP contribution < -0.4 is 5.32 Å². The Hall–Kier alpha value is -2.25. The van der Waals surface area contributed by atoms with E-state index in [1.54, 1.807) is 6.20 Å². The lowest BCUT2D eigenvalue weighted by Crippen LogP contribution is -2.50. The van der Waals surface area contributed by atoms with Gasteiger partial charge in [-0.1, -0.05) is 6.07 Å². The molecule has 7 heteroatoms. The van der Waals surface area contributed by atoms with E-state index in [1.165, 1.54) is 6.39 Å². The minimum atomic E-state index is -0.212. The Labute approximate surface area is 145 Å². The largest absolute Gasteiger partial charge is 0.447 e. The highest BCUT2D eigenvalue weighted by molar-refractivity contribution is 5.93. The van der Waals surface area contributed by atoms with Crippen LogP contribution in [0.25, 0.3) is 0 Å². The number of hydrogen-bond donors (Lipinski definition) is 1. The van der Waals surface area contributed by atoms with Gasteiger partial charge in [0.2, 0.25) is 0 Å². The van der Waals surface area contributed by atoms with E-state index >= 15 is 0 Å². The highest BCUT2D eigenvalue weighted by Gasteiger charge is 2.34. The molecule has 1 amide bonds. The Kier molecular flexibility index (Phi) is 4.76. The number of rotatable bonds is 6. The van der Waals surface area contributed by atoms with Crippen molar-refractivity contribution in [3.05, 3.63) is 47.9 Å². The number of aromatic nitrogens is 2. The molecule has 2 aromatic heterocycles. The summed E-state index contributed by atoms with van der Waals surface area (Å²) < 4.78 is 16.9. The minimum absolute atomic E-state index is 0.117. The number of carbonyl (C=O) groups is 1. The lowest BCUT2D eigenvalue weighted by molar-refractivity contribution is -0.0743. The normalized spacial score (nSPS) is 23.4. The standard InChI is InChI=1S/C18H21N3O4/c22-18(16-17(12-4-5-12)25-11-20-16)21-14-6-8-23-10-15(14)24-9-13-3-1-2-7-19-13/h1-3,7,11-12,14-15H,4-6,8-10H2,(H,21,22)/t14-,15-/m1/s1. The molecule has 0 spiro atoms. The number of carbonyl (C=O) groups excluding carboxylic acids is 1. The third-order valence-corrected chi connectivity index (χ3v) is 4.55. The molecule has 1 aliphatic carbocycles. The van der Waals surface area contributed by atoms with Crippen molar-refractivity contribution in [3.8, 4) is 0 Å². The first-order valence-corrected chi connectivity index (χ1v) is 8.65. The Balaban J connectivity index is 1.38. The second kappa shape index (κ2) is 7.33. The highest BCUT2D eigenvalue weighted by Crippen LogP contribution is 2.41. The smallest absolute Gasteiger partial charge is 0.273 e. The van der Waals surface area contributed by atoms with Gasteiger partial charge in [0.15, 0.2) is 12.1 Å². The van der Waals surface area contributed by atoms with Crippen molar-refractivity contribution < 1.29 is 18.7 Å². The van der Waals surface area contributed by atoms with E-state index < -0.39 is 0 Å². The molecule has 25 heavy (non-hydrogen) atoms. The van der Waals surface area contributed by atoms with E-state index in [2.05, 4.69) is 15.3 Å². The van der Waals surface area contributed by atoms with E-state index in [-0.39, 0.29) is 18.1 Å². The van der Waals surface area contributed by atoms with Gasteiger partial charge >= 0.3 is 0 Å². The maximum absolute atomic E-state index is 12.6. The first kappa shape index (κ1) is 16.2. The van der Waals surface area contributed by atoms with Crippen molar-refractivity contribution in [1.29, 1.82) is 0 Å². The van der Waals surface area contributed by atoms with E-state index in [0.29, 0.717) is 43.6 Å². The fraction of sp³-hybridized carbons (Fsp3) is 0.500. The van der Waals surface area contributed by atoms with Gasteiger partial charge in [0, 0.05) is 18.7 Å². The van der Waals surface area contributed by atoms with Gasteiger partial charge < -0.3 is 19.2 Å². The molecular formula is C18H21N3O4. The van der Waals surface area contributed by atoms with Crippen molar-refractivity contribution in [2.24, 2.45) is 0 Å². The van der Waals surface area contributed by atoms with Crippen LogP contribution in [0.5, 0.6) is 0 Å². The number of nitrogens with one attached hydrogen (secondary N) is 1. The summed E-state index contributed by atoms with van der Waals surface area (Å²) in [6.07, 6.45) is 5.69. The van der Waals surface area contributed by atoms with Crippen molar-refractivity contribution in [1.82, 2.24) is 15.3 Å².